The zero-order valence-electron chi connectivity index (χ0n) is 18.3. The minimum Gasteiger partial charge on any atom is -0.368 e. The van der Waals surface area contributed by atoms with Crippen molar-refractivity contribution < 1.29 is 4.79 Å². The molecule has 0 bridgehead atoms. The molecule has 1 N–H and O–H groups in total. The van der Waals surface area contributed by atoms with Crippen LogP contribution < -0.4 is 10.2 Å². The normalized spacial score (nSPS) is 14.0. The predicted molar refractivity (Wildman–Crippen MR) is 130 cm³/mol. The van der Waals surface area contributed by atoms with Crippen LogP contribution in [0.25, 0.3) is 16.7 Å². The third kappa shape index (κ3) is 4.47. The molecule has 2 aromatic heterocycles. The van der Waals surface area contributed by atoms with Crippen LogP contribution in [-0.4, -0.2) is 63.3 Å². The SMILES string of the molecule is Cc1nc(NCC(=O)N2CCN(c3ccccc3)CC2)c2cnn(-c3cccc(Cl)c3)c2n1. The number of amides is 1. The molecule has 5 rings (SSSR count). The molecule has 4 aromatic rings. The van der Waals surface area contributed by atoms with Crippen LogP contribution in [0.15, 0.2) is 60.8 Å². The molecule has 1 aliphatic heterocycles. The first kappa shape index (κ1) is 21.2. The van der Waals surface area contributed by atoms with Crippen LogP contribution in [0.2, 0.25) is 5.02 Å². The summed E-state index contributed by atoms with van der Waals surface area (Å²) in [6.07, 6.45) is 1.71. The van der Waals surface area contributed by atoms with Crippen LogP contribution in [0.1, 0.15) is 5.82 Å². The molecule has 1 aliphatic rings. The Labute approximate surface area is 196 Å². The molecule has 33 heavy (non-hydrogen) atoms. The molecule has 0 atom stereocenters. The summed E-state index contributed by atoms with van der Waals surface area (Å²) in [6, 6.07) is 17.7. The molecule has 1 amide bonds. The number of fused-ring (bicyclic) bond motifs is 1. The summed E-state index contributed by atoms with van der Waals surface area (Å²) in [5.74, 6) is 1.24. The number of aryl methyl sites for hydroxylation is 1. The summed E-state index contributed by atoms with van der Waals surface area (Å²) < 4.78 is 1.73. The molecule has 0 aliphatic carbocycles. The lowest BCUT2D eigenvalue weighted by Crippen LogP contribution is -2.50. The highest BCUT2D eigenvalue weighted by molar-refractivity contribution is 6.30. The quantitative estimate of drug-likeness (QED) is 0.489. The molecule has 0 radical (unpaired) electrons. The van der Waals surface area contributed by atoms with Crippen molar-refractivity contribution in [1.29, 1.82) is 0 Å². The minimum atomic E-state index is 0.0503. The molecular formula is C24H24ClN7O. The van der Waals surface area contributed by atoms with Crippen LogP contribution >= 0.6 is 11.6 Å². The van der Waals surface area contributed by atoms with Gasteiger partial charge >= 0.3 is 0 Å². The average molecular weight is 462 g/mol. The van der Waals surface area contributed by atoms with Crippen LogP contribution in [0.4, 0.5) is 11.5 Å². The third-order valence-corrected chi connectivity index (χ3v) is 5.99. The molecule has 0 unspecified atom stereocenters. The van der Waals surface area contributed by atoms with Gasteiger partial charge in [-0.05, 0) is 37.3 Å². The Kier molecular flexibility index (Phi) is 5.83. The number of carbonyl (C=O) groups is 1. The summed E-state index contributed by atoms with van der Waals surface area (Å²) in [4.78, 5) is 26.1. The van der Waals surface area contributed by atoms with E-state index in [9.17, 15) is 4.79 Å². The Morgan fingerprint density at radius 2 is 1.76 bits per heavy atom. The number of benzene rings is 2. The van der Waals surface area contributed by atoms with Crippen LogP contribution in [-0.2, 0) is 4.79 Å². The molecule has 2 aromatic carbocycles. The van der Waals surface area contributed by atoms with E-state index in [2.05, 4.69) is 37.4 Å². The van der Waals surface area contributed by atoms with Gasteiger partial charge in [0.2, 0.25) is 5.91 Å². The largest absolute Gasteiger partial charge is 0.368 e. The van der Waals surface area contributed by atoms with E-state index in [1.165, 1.54) is 5.69 Å². The maximum Gasteiger partial charge on any atom is 0.242 e. The number of aromatic nitrogens is 4. The second-order valence-electron chi connectivity index (χ2n) is 7.95. The number of halogens is 1. The van der Waals surface area contributed by atoms with Crippen molar-refractivity contribution in [2.45, 2.75) is 6.92 Å². The first-order valence-electron chi connectivity index (χ1n) is 10.9. The van der Waals surface area contributed by atoms with Crippen molar-refractivity contribution in [3.8, 4) is 5.69 Å². The van der Waals surface area contributed by atoms with Crippen LogP contribution in [0.5, 0.6) is 0 Å². The summed E-state index contributed by atoms with van der Waals surface area (Å²) in [7, 11) is 0. The average Bonchev–Trinajstić information content (AvgIpc) is 3.27. The van der Waals surface area contributed by atoms with Gasteiger partial charge in [-0.3, -0.25) is 4.79 Å². The number of hydrogen-bond acceptors (Lipinski definition) is 6. The van der Waals surface area contributed by atoms with Gasteiger partial charge in [-0.2, -0.15) is 5.10 Å². The lowest BCUT2D eigenvalue weighted by Gasteiger charge is -2.36. The van der Waals surface area contributed by atoms with Crippen molar-refractivity contribution in [1.82, 2.24) is 24.6 Å². The van der Waals surface area contributed by atoms with E-state index in [-0.39, 0.29) is 12.5 Å². The molecule has 9 heteroatoms. The molecule has 0 saturated carbocycles. The number of hydrogen-bond donors (Lipinski definition) is 1. The smallest absolute Gasteiger partial charge is 0.242 e. The number of carbonyl (C=O) groups excluding carboxylic acids is 1. The first-order chi connectivity index (χ1) is 16.1. The van der Waals surface area contributed by atoms with E-state index in [0.717, 1.165) is 24.2 Å². The fourth-order valence-corrected chi connectivity index (χ4v) is 4.26. The molecule has 3 heterocycles. The van der Waals surface area contributed by atoms with E-state index in [4.69, 9.17) is 11.6 Å². The fourth-order valence-electron chi connectivity index (χ4n) is 4.07. The zero-order valence-corrected chi connectivity index (χ0v) is 19.0. The number of anilines is 2. The van der Waals surface area contributed by atoms with Gasteiger partial charge in [0.1, 0.15) is 11.6 Å². The van der Waals surface area contributed by atoms with Gasteiger partial charge in [-0.15, -0.1) is 0 Å². The fraction of sp³-hybridized carbons (Fsp3) is 0.250. The highest BCUT2D eigenvalue weighted by atomic mass is 35.5. The zero-order chi connectivity index (χ0) is 22.8. The molecule has 168 valence electrons. The Bertz CT molecular complexity index is 1280. The Morgan fingerprint density at radius 1 is 1.00 bits per heavy atom. The van der Waals surface area contributed by atoms with Gasteiger partial charge in [-0.1, -0.05) is 35.9 Å². The Morgan fingerprint density at radius 3 is 2.52 bits per heavy atom. The van der Waals surface area contributed by atoms with Gasteiger partial charge in [0, 0.05) is 36.9 Å². The topological polar surface area (TPSA) is 79.2 Å². The van der Waals surface area contributed by atoms with Crippen LogP contribution in [0.3, 0.4) is 0 Å². The standard InChI is InChI=1S/C24H24ClN7O/c1-17-28-23(21-15-27-32(24(21)29-17)20-9-5-6-18(25)14-20)26-16-22(33)31-12-10-30(11-13-31)19-7-3-2-4-8-19/h2-9,14-15H,10-13,16H2,1H3,(H,26,28,29). The molecule has 1 fully saturated rings. The third-order valence-electron chi connectivity index (χ3n) is 5.75. The second-order valence-corrected chi connectivity index (χ2v) is 8.39. The van der Waals surface area contributed by atoms with Gasteiger partial charge in [0.25, 0.3) is 0 Å². The summed E-state index contributed by atoms with van der Waals surface area (Å²) in [5, 5.41) is 9.06. The van der Waals surface area contributed by atoms with E-state index < -0.39 is 0 Å². The summed E-state index contributed by atoms with van der Waals surface area (Å²) >= 11 is 6.15. The first-order valence-corrected chi connectivity index (χ1v) is 11.3. The number of rotatable bonds is 5. The van der Waals surface area contributed by atoms with E-state index in [1.54, 1.807) is 10.9 Å². The van der Waals surface area contributed by atoms with Gasteiger partial charge in [-0.25, -0.2) is 14.6 Å². The highest BCUT2D eigenvalue weighted by Crippen LogP contribution is 2.24. The Hall–Kier alpha value is -3.65. The molecule has 1 saturated heterocycles. The van der Waals surface area contributed by atoms with Crippen molar-refractivity contribution in [2.24, 2.45) is 0 Å². The second kappa shape index (κ2) is 9.07. The van der Waals surface area contributed by atoms with E-state index >= 15 is 0 Å². The maximum atomic E-state index is 12.9. The minimum absolute atomic E-state index is 0.0503. The number of para-hydroxylation sites is 1. The number of nitrogens with zero attached hydrogens (tertiary/aromatic N) is 6. The van der Waals surface area contributed by atoms with Crippen molar-refractivity contribution in [3.05, 3.63) is 71.6 Å². The van der Waals surface area contributed by atoms with Crippen LogP contribution in [0, 0.1) is 6.92 Å². The lowest BCUT2D eigenvalue weighted by molar-refractivity contribution is -0.129. The van der Waals surface area contributed by atoms with Crippen molar-refractivity contribution in [2.75, 3.05) is 42.9 Å². The Balaban J connectivity index is 1.28. The van der Waals surface area contributed by atoms with Gasteiger partial charge < -0.3 is 15.1 Å². The molecule has 0 spiro atoms. The molecule has 8 nitrogen and oxygen atoms in total. The molecular weight excluding hydrogens is 438 g/mol. The monoisotopic (exact) mass is 461 g/mol. The maximum absolute atomic E-state index is 12.9. The number of piperazine rings is 1. The lowest BCUT2D eigenvalue weighted by atomic mass is 10.2. The van der Waals surface area contributed by atoms with E-state index in [1.807, 2.05) is 54.3 Å². The summed E-state index contributed by atoms with van der Waals surface area (Å²) in [6.45, 7) is 5.02. The van der Waals surface area contributed by atoms with Crippen molar-refractivity contribution in [3.63, 3.8) is 0 Å². The van der Waals surface area contributed by atoms with E-state index in [0.29, 0.717) is 35.4 Å². The predicted octanol–water partition coefficient (Wildman–Crippen LogP) is 3.54. The summed E-state index contributed by atoms with van der Waals surface area (Å²) in [5.41, 5.74) is 2.67. The highest BCUT2D eigenvalue weighted by Gasteiger charge is 2.22. The number of nitrogens with one attached hydrogen (secondary N) is 1. The van der Waals surface area contributed by atoms with Gasteiger partial charge in [0.15, 0.2) is 5.65 Å². The van der Waals surface area contributed by atoms with Gasteiger partial charge in [0.05, 0.1) is 23.8 Å². The van der Waals surface area contributed by atoms with Crippen molar-refractivity contribution >= 4 is 40.0 Å².